The molecule has 1 N–H and O–H groups in total. The molecule has 0 aliphatic heterocycles. The molecule has 0 bridgehead atoms. The Bertz CT molecular complexity index is 652. The van der Waals surface area contributed by atoms with Gasteiger partial charge in [0.2, 0.25) is 5.91 Å². The van der Waals surface area contributed by atoms with Crippen molar-refractivity contribution in [1.29, 1.82) is 0 Å². The Labute approximate surface area is 138 Å². The maximum atomic E-state index is 11.9. The van der Waals surface area contributed by atoms with Crippen LogP contribution in [0.2, 0.25) is 0 Å². The van der Waals surface area contributed by atoms with E-state index in [4.69, 9.17) is 0 Å². The maximum Gasteiger partial charge on any atom is 0.230 e. The molecule has 2 rings (SSSR count). The van der Waals surface area contributed by atoms with Crippen molar-refractivity contribution in [2.24, 2.45) is 7.05 Å². The van der Waals surface area contributed by atoms with Crippen LogP contribution in [0.5, 0.6) is 0 Å². The van der Waals surface area contributed by atoms with Gasteiger partial charge in [0, 0.05) is 27.8 Å². The summed E-state index contributed by atoms with van der Waals surface area (Å²) in [5.74, 6) is 0.493. The SMILES string of the molecule is Cc1cc(Br)ccc1SCC(=O)NCc1ccc(C)n1C. The molecule has 21 heavy (non-hydrogen) atoms. The summed E-state index contributed by atoms with van der Waals surface area (Å²) >= 11 is 5.01. The monoisotopic (exact) mass is 366 g/mol. The van der Waals surface area contributed by atoms with Gasteiger partial charge in [-0.25, -0.2) is 0 Å². The number of amides is 1. The number of nitrogens with zero attached hydrogens (tertiary/aromatic N) is 1. The van der Waals surface area contributed by atoms with Crippen molar-refractivity contribution in [2.45, 2.75) is 25.3 Å². The van der Waals surface area contributed by atoms with Crippen molar-refractivity contribution >= 4 is 33.6 Å². The van der Waals surface area contributed by atoms with E-state index in [1.807, 2.05) is 25.2 Å². The second kappa shape index (κ2) is 7.18. The lowest BCUT2D eigenvalue weighted by molar-refractivity contribution is -0.118. The number of thioether (sulfide) groups is 1. The van der Waals surface area contributed by atoms with Crippen molar-refractivity contribution in [3.63, 3.8) is 0 Å². The maximum absolute atomic E-state index is 11.9. The third-order valence-corrected chi connectivity index (χ3v) is 5.11. The van der Waals surface area contributed by atoms with Crippen LogP contribution in [0.1, 0.15) is 17.0 Å². The zero-order chi connectivity index (χ0) is 15.4. The van der Waals surface area contributed by atoms with Crippen LogP contribution in [0.25, 0.3) is 0 Å². The highest BCUT2D eigenvalue weighted by Crippen LogP contribution is 2.25. The summed E-state index contributed by atoms with van der Waals surface area (Å²) in [5.41, 5.74) is 3.49. The van der Waals surface area contributed by atoms with Crippen LogP contribution in [0.3, 0.4) is 0 Å². The van der Waals surface area contributed by atoms with Crippen molar-refractivity contribution in [3.05, 3.63) is 51.8 Å². The van der Waals surface area contributed by atoms with Crippen LogP contribution in [0, 0.1) is 13.8 Å². The van der Waals surface area contributed by atoms with Crippen LogP contribution >= 0.6 is 27.7 Å². The van der Waals surface area contributed by atoms with Crippen LogP contribution in [0.4, 0.5) is 0 Å². The predicted octanol–water partition coefficient (Wildman–Crippen LogP) is 3.81. The molecule has 1 heterocycles. The standard InChI is InChI=1S/C16H19BrN2OS/c1-11-8-13(17)5-7-15(11)21-10-16(20)18-9-14-6-4-12(2)19(14)3/h4-8H,9-10H2,1-3H3,(H,18,20). The third-order valence-electron chi connectivity index (χ3n) is 3.44. The van der Waals surface area contributed by atoms with E-state index in [9.17, 15) is 4.79 Å². The normalized spacial score (nSPS) is 10.7. The Morgan fingerprint density at radius 3 is 2.67 bits per heavy atom. The number of halogens is 1. The fraction of sp³-hybridized carbons (Fsp3) is 0.312. The molecule has 112 valence electrons. The lowest BCUT2D eigenvalue weighted by Gasteiger charge is -2.08. The summed E-state index contributed by atoms with van der Waals surface area (Å²) in [5, 5.41) is 2.96. The molecule has 0 fully saturated rings. The smallest absolute Gasteiger partial charge is 0.230 e. The first-order valence-corrected chi connectivity index (χ1v) is 8.52. The van der Waals surface area contributed by atoms with E-state index < -0.39 is 0 Å². The van der Waals surface area contributed by atoms with Gasteiger partial charge in [0.15, 0.2) is 0 Å². The Balaban J connectivity index is 1.83. The average molecular weight is 367 g/mol. The Kier molecular flexibility index (Phi) is 5.53. The quantitative estimate of drug-likeness (QED) is 0.816. The van der Waals surface area contributed by atoms with Crippen LogP contribution in [0.15, 0.2) is 39.7 Å². The van der Waals surface area contributed by atoms with E-state index in [1.54, 1.807) is 11.8 Å². The zero-order valence-corrected chi connectivity index (χ0v) is 14.8. The summed E-state index contributed by atoms with van der Waals surface area (Å²) in [6.07, 6.45) is 0. The molecule has 1 aromatic carbocycles. The van der Waals surface area contributed by atoms with E-state index in [1.165, 1.54) is 11.3 Å². The number of nitrogens with one attached hydrogen (secondary N) is 1. The van der Waals surface area contributed by atoms with E-state index in [-0.39, 0.29) is 5.91 Å². The molecule has 5 heteroatoms. The molecule has 0 spiro atoms. The van der Waals surface area contributed by atoms with Gasteiger partial charge in [0.25, 0.3) is 0 Å². The molecule has 1 aromatic heterocycles. The number of carbonyl (C=O) groups excluding carboxylic acids is 1. The molecule has 2 aromatic rings. The first-order valence-electron chi connectivity index (χ1n) is 6.74. The topological polar surface area (TPSA) is 34.0 Å². The molecule has 1 amide bonds. The lowest BCUT2D eigenvalue weighted by Crippen LogP contribution is -2.25. The van der Waals surface area contributed by atoms with Crippen molar-refractivity contribution in [2.75, 3.05) is 5.75 Å². The van der Waals surface area contributed by atoms with Crippen LogP contribution in [-0.2, 0) is 18.4 Å². The fourth-order valence-corrected chi connectivity index (χ4v) is 3.32. The number of carbonyl (C=O) groups is 1. The molecular formula is C16H19BrN2OS. The highest BCUT2D eigenvalue weighted by molar-refractivity contribution is 9.10. The minimum atomic E-state index is 0.0566. The van der Waals surface area contributed by atoms with E-state index in [2.05, 4.69) is 51.8 Å². The molecular weight excluding hydrogens is 348 g/mol. The van der Waals surface area contributed by atoms with Gasteiger partial charge in [0.1, 0.15) is 0 Å². The average Bonchev–Trinajstić information content (AvgIpc) is 2.75. The number of benzene rings is 1. The van der Waals surface area contributed by atoms with Crippen LogP contribution < -0.4 is 5.32 Å². The van der Waals surface area contributed by atoms with Crippen molar-refractivity contribution in [1.82, 2.24) is 9.88 Å². The minimum Gasteiger partial charge on any atom is -0.350 e. The summed E-state index contributed by atoms with van der Waals surface area (Å²) in [7, 11) is 2.01. The molecule has 3 nitrogen and oxygen atoms in total. The second-order valence-electron chi connectivity index (χ2n) is 5.00. The first-order chi connectivity index (χ1) is 9.97. The van der Waals surface area contributed by atoms with E-state index in [0.717, 1.165) is 15.1 Å². The molecule has 0 atom stereocenters. The molecule has 0 saturated heterocycles. The molecule has 0 unspecified atom stereocenters. The highest BCUT2D eigenvalue weighted by Gasteiger charge is 2.07. The van der Waals surface area contributed by atoms with Gasteiger partial charge in [0.05, 0.1) is 12.3 Å². The van der Waals surface area contributed by atoms with Gasteiger partial charge >= 0.3 is 0 Å². The zero-order valence-electron chi connectivity index (χ0n) is 12.4. The fourth-order valence-electron chi connectivity index (χ4n) is 2.00. The van der Waals surface area contributed by atoms with E-state index >= 15 is 0 Å². The summed E-state index contributed by atoms with van der Waals surface area (Å²) in [6, 6.07) is 10.2. The summed E-state index contributed by atoms with van der Waals surface area (Å²) in [6.45, 7) is 4.68. The molecule has 0 aliphatic carbocycles. The third kappa shape index (κ3) is 4.38. The number of hydrogen-bond acceptors (Lipinski definition) is 2. The summed E-state index contributed by atoms with van der Waals surface area (Å²) in [4.78, 5) is 13.1. The number of rotatable bonds is 5. The highest BCUT2D eigenvalue weighted by atomic mass is 79.9. The number of aromatic nitrogens is 1. The number of hydrogen-bond donors (Lipinski definition) is 1. The molecule has 0 aliphatic rings. The first kappa shape index (κ1) is 16.2. The predicted molar refractivity (Wildman–Crippen MR) is 91.6 cm³/mol. The molecule has 0 radical (unpaired) electrons. The Morgan fingerprint density at radius 2 is 2.05 bits per heavy atom. The van der Waals surface area contributed by atoms with Gasteiger partial charge in [-0.1, -0.05) is 15.9 Å². The Hall–Kier alpha value is -1.20. The number of aryl methyl sites for hydroxylation is 2. The van der Waals surface area contributed by atoms with Crippen molar-refractivity contribution < 1.29 is 4.79 Å². The minimum absolute atomic E-state index is 0.0566. The van der Waals surface area contributed by atoms with Gasteiger partial charge in [-0.2, -0.15) is 0 Å². The van der Waals surface area contributed by atoms with E-state index in [0.29, 0.717) is 12.3 Å². The van der Waals surface area contributed by atoms with Gasteiger partial charge in [-0.05, 0) is 49.7 Å². The summed E-state index contributed by atoms with van der Waals surface area (Å²) < 4.78 is 3.15. The van der Waals surface area contributed by atoms with Crippen molar-refractivity contribution in [3.8, 4) is 0 Å². The van der Waals surface area contributed by atoms with Gasteiger partial charge in [-0.15, -0.1) is 11.8 Å². The largest absolute Gasteiger partial charge is 0.350 e. The second-order valence-corrected chi connectivity index (χ2v) is 6.93. The molecule has 0 saturated carbocycles. The van der Waals surface area contributed by atoms with Gasteiger partial charge < -0.3 is 9.88 Å². The Morgan fingerprint density at radius 1 is 1.29 bits per heavy atom. The van der Waals surface area contributed by atoms with Crippen LogP contribution in [-0.4, -0.2) is 16.2 Å². The lowest BCUT2D eigenvalue weighted by atomic mass is 10.2. The van der Waals surface area contributed by atoms with Gasteiger partial charge in [-0.3, -0.25) is 4.79 Å².